The Morgan fingerprint density at radius 1 is 0.774 bits per heavy atom. The van der Waals surface area contributed by atoms with Gasteiger partial charge in [0.05, 0.1) is 18.1 Å². The molecule has 3 aliphatic rings. The Kier molecular flexibility index (Phi) is 6.93. The smallest absolute Gasteiger partial charge is 0.312 e. The van der Waals surface area contributed by atoms with Gasteiger partial charge in [0, 0.05) is 39.3 Å². The topological polar surface area (TPSA) is 87.2 Å². The second-order valence-electron chi connectivity index (χ2n) is 8.50. The van der Waals surface area contributed by atoms with Gasteiger partial charge in [-0.25, -0.2) is 8.42 Å². The van der Waals surface area contributed by atoms with Crippen LogP contribution in [0.3, 0.4) is 0 Å². The van der Waals surface area contributed by atoms with Gasteiger partial charge in [0.25, 0.3) is 0 Å². The third kappa shape index (κ3) is 4.94. The average Bonchev–Trinajstić information content (AvgIpc) is 2.84. The molecule has 0 aromatic heterocycles. The quantitative estimate of drug-likeness (QED) is 0.652. The van der Waals surface area contributed by atoms with Gasteiger partial charge in [-0.3, -0.25) is 9.59 Å². The molecule has 1 saturated carbocycles. The lowest BCUT2D eigenvalue weighted by atomic mass is 9.84. The summed E-state index contributed by atoms with van der Waals surface area (Å²) < 4.78 is 32.8. The summed E-state index contributed by atoms with van der Waals surface area (Å²) in [4.78, 5) is 28.2. The van der Waals surface area contributed by atoms with E-state index in [9.17, 15) is 18.0 Å². The van der Waals surface area contributed by atoms with Crippen LogP contribution in [0.4, 0.5) is 0 Å². The van der Waals surface area contributed by atoms with Crippen LogP contribution in [-0.2, 0) is 24.3 Å². The first kappa shape index (κ1) is 22.2. The largest absolute Gasteiger partial charge is 0.378 e. The van der Waals surface area contributed by atoms with Crippen molar-refractivity contribution in [2.75, 3.05) is 52.5 Å². The van der Waals surface area contributed by atoms with Crippen molar-refractivity contribution in [2.24, 2.45) is 0 Å². The van der Waals surface area contributed by atoms with Crippen LogP contribution in [0.15, 0.2) is 29.2 Å². The summed E-state index contributed by atoms with van der Waals surface area (Å²) in [6.45, 7) is 2.51. The van der Waals surface area contributed by atoms with E-state index in [0.717, 1.165) is 0 Å². The number of sulfonamides is 1. The minimum atomic E-state index is -3.62. The number of rotatable bonds is 3. The van der Waals surface area contributed by atoms with Crippen molar-refractivity contribution in [2.45, 2.75) is 42.9 Å². The Morgan fingerprint density at radius 3 is 1.90 bits per heavy atom. The van der Waals surface area contributed by atoms with E-state index in [0.29, 0.717) is 32.2 Å². The number of hydrogen-bond donors (Lipinski definition) is 0. The Balaban J connectivity index is 1.35. The molecule has 1 aromatic carbocycles. The van der Waals surface area contributed by atoms with Crippen molar-refractivity contribution in [3.05, 3.63) is 29.8 Å². The predicted octanol–water partition coefficient (Wildman–Crippen LogP) is 1.43. The lowest BCUT2D eigenvalue weighted by molar-refractivity contribution is -0.154. The zero-order chi connectivity index (χ0) is 21.8. The number of morpholine rings is 1. The van der Waals surface area contributed by atoms with Gasteiger partial charge in [-0.05, 0) is 36.5 Å². The molecule has 2 amide bonds. The number of hydrogen-bond acceptors (Lipinski definition) is 5. The zero-order valence-corrected chi connectivity index (χ0v) is 18.7. The highest BCUT2D eigenvalue weighted by molar-refractivity contribution is 7.89. The molecule has 0 N–H and O–H groups in total. The first-order valence-corrected chi connectivity index (χ1v) is 12.7. The van der Waals surface area contributed by atoms with Crippen molar-refractivity contribution in [3.8, 4) is 0 Å². The van der Waals surface area contributed by atoms with Crippen molar-refractivity contribution >= 4 is 21.8 Å². The Labute approximate surface area is 184 Å². The fraction of sp³-hybridized carbons (Fsp3) is 0.636. The molecule has 2 heterocycles. The van der Waals surface area contributed by atoms with Crippen LogP contribution >= 0.6 is 0 Å². The van der Waals surface area contributed by atoms with Crippen molar-refractivity contribution in [3.63, 3.8) is 0 Å². The number of carbonyl (C=O) groups excluding carboxylic acids is 2. The standard InChI is InChI=1S/C22H31N3O5S/c26-21(22(27)24-14-16-30-17-15-24)23-10-12-25(13-11-23)31(28,29)20-8-6-19(7-9-20)18-4-2-1-3-5-18/h6-9,18H,1-5,10-17H2. The van der Waals surface area contributed by atoms with E-state index in [1.54, 1.807) is 12.1 Å². The number of piperazine rings is 1. The third-order valence-corrected chi connectivity index (χ3v) is 8.51. The van der Waals surface area contributed by atoms with Gasteiger partial charge in [-0.2, -0.15) is 4.31 Å². The lowest BCUT2D eigenvalue weighted by Crippen LogP contribution is -2.55. The molecule has 170 valence electrons. The first-order valence-electron chi connectivity index (χ1n) is 11.2. The molecule has 31 heavy (non-hydrogen) atoms. The van der Waals surface area contributed by atoms with Crippen LogP contribution in [-0.4, -0.2) is 86.8 Å². The second-order valence-corrected chi connectivity index (χ2v) is 10.4. The molecule has 2 saturated heterocycles. The normalized spacial score (nSPS) is 21.8. The van der Waals surface area contributed by atoms with Crippen LogP contribution in [0, 0.1) is 0 Å². The minimum Gasteiger partial charge on any atom is -0.378 e. The molecule has 8 nitrogen and oxygen atoms in total. The fourth-order valence-corrected chi connectivity index (χ4v) is 6.09. The summed E-state index contributed by atoms with van der Waals surface area (Å²) in [6, 6.07) is 7.31. The van der Waals surface area contributed by atoms with Gasteiger partial charge in [-0.1, -0.05) is 31.4 Å². The van der Waals surface area contributed by atoms with Crippen LogP contribution in [0.5, 0.6) is 0 Å². The molecule has 1 aliphatic carbocycles. The second kappa shape index (κ2) is 9.67. The summed E-state index contributed by atoms with van der Waals surface area (Å²) in [5.74, 6) is -0.558. The number of amides is 2. The number of ether oxygens (including phenoxy) is 1. The molecule has 4 rings (SSSR count). The molecule has 9 heteroatoms. The van der Waals surface area contributed by atoms with E-state index in [2.05, 4.69) is 0 Å². The van der Waals surface area contributed by atoms with E-state index < -0.39 is 21.8 Å². The van der Waals surface area contributed by atoms with Crippen molar-refractivity contribution in [1.29, 1.82) is 0 Å². The highest BCUT2D eigenvalue weighted by Crippen LogP contribution is 2.33. The van der Waals surface area contributed by atoms with E-state index in [1.807, 2.05) is 12.1 Å². The van der Waals surface area contributed by atoms with Crippen LogP contribution in [0.2, 0.25) is 0 Å². The monoisotopic (exact) mass is 449 g/mol. The van der Waals surface area contributed by atoms with Crippen molar-refractivity contribution < 1.29 is 22.7 Å². The van der Waals surface area contributed by atoms with Gasteiger partial charge in [0.2, 0.25) is 10.0 Å². The molecule has 0 radical (unpaired) electrons. The maximum absolute atomic E-state index is 13.1. The Morgan fingerprint density at radius 2 is 1.32 bits per heavy atom. The average molecular weight is 450 g/mol. The van der Waals surface area contributed by atoms with E-state index in [4.69, 9.17) is 4.74 Å². The number of carbonyl (C=O) groups is 2. The molecule has 0 unspecified atom stereocenters. The van der Waals surface area contributed by atoms with Gasteiger partial charge in [-0.15, -0.1) is 0 Å². The maximum Gasteiger partial charge on any atom is 0.312 e. The molecular formula is C22H31N3O5S. The molecule has 0 atom stereocenters. The van der Waals surface area contributed by atoms with E-state index in [1.165, 1.54) is 51.8 Å². The van der Waals surface area contributed by atoms with Gasteiger partial charge < -0.3 is 14.5 Å². The fourth-order valence-electron chi connectivity index (χ4n) is 4.67. The SMILES string of the molecule is O=C(C(=O)N1CCN(S(=O)(=O)c2ccc(C3CCCCC3)cc2)CC1)N1CCOCC1. The zero-order valence-electron chi connectivity index (χ0n) is 17.9. The highest BCUT2D eigenvalue weighted by atomic mass is 32.2. The number of nitrogens with zero attached hydrogens (tertiary/aromatic N) is 3. The molecule has 0 spiro atoms. The van der Waals surface area contributed by atoms with Gasteiger partial charge >= 0.3 is 11.8 Å². The van der Waals surface area contributed by atoms with Crippen LogP contribution < -0.4 is 0 Å². The van der Waals surface area contributed by atoms with Crippen LogP contribution in [0.25, 0.3) is 0 Å². The summed E-state index contributed by atoms with van der Waals surface area (Å²) in [6.07, 6.45) is 6.11. The molecule has 2 aliphatic heterocycles. The van der Waals surface area contributed by atoms with Gasteiger partial charge in [0.15, 0.2) is 0 Å². The Bertz CT molecular complexity index is 882. The Hall–Kier alpha value is -1.97. The number of benzene rings is 1. The molecular weight excluding hydrogens is 418 g/mol. The summed E-state index contributed by atoms with van der Waals surface area (Å²) >= 11 is 0. The highest BCUT2D eigenvalue weighted by Gasteiger charge is 2.34. The molecule has 3 fully saturated rings. The maximum atomic E-state index is 13.1. The van der Waals surface area contributed by atoms with Gasteiger partial charge in [0.1, 0.15) is 0 Å². The molecule has 0 bridgehead atoms. The molecule has 1 aromatic rings. The summed E-state index contributed by atoms with van der Waals surface area (Å²) in [7, 11) is -3.62. The minimum absolute atomic E-state index is 0.189. The third-order valence-electron chi connectivity index (χ3n) is 6.60. The summed E-state index contributed by atoms with van der Waals surface area (Å²) in [5.41, 5.74) is 1.22. The van der Waals surface area contributed by atoms with E-state index >= 15 is 0 Å². The van der Waals surface area contributed by atoms with Crippen LogP contribution in [0.1, 0.15) is 43.6 Å². The lowest BCUT2D eigenvalue weighted by Gasteiger charge is -2.35. The predicted molar refractivity (Wildman–Crippen MR) is 115 cm³/mol. The van der Waals surface area contributed by atoms with Crippen molar-refractivity contribution in [1.82, 2.24) is 14.1 Å². The van der Waals surface area contributed by atoms with E-state index in [-0.39, 0.29) is 31.1 Å². The summed E-state index contributed by atoms with van der Waals surface area (Å²) in [5, 5.41) is 0. The first-order chi connectivity index (χ1) is 15.0.